The Kier molecular flexibility index (Phi) is 7.49. The van der Waals surface area contributed by atoms with Crippen LogP contribution < -0.4 is 21.3 Å². The molecule has 1 aliphatic carbocycles. The van der Waals surface area contributed by atoms with Gasteiger partial charge < -0.3 is 26.4 Å². The average molecular weight is 404 g/mol. The van der Waals surface area contributed by atoms with Gasteiger partial charge in [-0.05, 0) is 51.7 Å². The highest BCUT2D eigenvalue weighted by molar-refractivity contribution is 5.99. The summed E-state index contributed by atoms with van der Waals surface area (Å²) in [6, 6.07) is 2.78. The number of nitrogens with two attached hydrogens (primary N) is 1. The molecular formula is C22H37N5O2. The molecule has 162 valence electrons. The van der Waals surface area contributed by atoms with E-state index in [-0.39, 0.29) is 18.4 Å². The predicted octanol–water partition coefficient (Wildman–Crippen LogP) is 1.84. The first-order valence-electron chi connectivity index (χ1n) is 11.1. The second-order valence-corrected chi connectivity index (χ2v) is 8.81. The van der Waals surface area contributed by atoms with E-state index in [0.717, 1.165) is 24.2 Å². The fourth-order valence-electron chi connectivity index (χ4n) is 4.59. The van der Waals surface area contributed by atoms with Gasteiger partial charge in [0.2, 0.25) is 0 Å². The fraction of sp³-hybridized carbons (Fsp3) is 0.727. The van der Waals surface area contributed by atoms with Gasteiger partial charge >= 0.3 is 0 Å². The minimum absolute atomic E-state index is 0.124. The first-order chi connectivity index (χ1) is 13.9. The molecule has 0 bridgehead atoms. The third-order valence-electron chi connectivity index (χ3n) is 6.37. The van der Waals surface area contributed by atoms with Crippen molar-refractivity contribution in [2.75, 3.05) is 24.6 Å². The monoisotopic (exact) mass is 403 g/mol. The maximum Gasteiger partial charge on any atom is 0.256 e. The van der Waals surface area contributed by atoms with E-state index in [1.54, 1.807) is 6.92 Å². The number of hydrogen-bond acceptors (Lipinski definition) is 6. The van der Waals surface area contributed by atoms with E-state index in [9.17, 15) is 9.90 Å². The van der Waals surface area contributed by atoms with E-state index in [1.807, 2.05) is 19.9 Å². The van der Waals surface area contributed by atoms with Gasteiger partial charge in [0.1, 0.15) is 5.82 Å². The second kappa shape index (κ2) is 9.87. The molecule has 0 aromatic carbocycles. The zero-order valence-corrected chi connectivity index (χ0v) is 18.1. The Hall–Kier alpha value is -1.70. The fourth-order valence-corrected chi connectivity index (χ4v) is 4.59. The number of hydrogen-bond donors (Lipinski definition) is 4. The number of nitrogens with one attached hydrogen (secondary N) is 2. The van der Waals surface area contributed by atoms with Crippen LogP contribution in [0.5, 0.6) is 0 Å². The van der Waals surface area contributed by atoms with Gasteiger partial charge in [-0.15, -0.1) is 0 Å². The van der Waals surface area contributed by atoms with E-state index in [4.69, 9.17) is 10.7 Å². The number of pyridine rings is 1. The van der Waals surface area contributed by atoms with Crippen molar-refractivity contribution in [2.45, 2.75) is 77.5 Å². The van der Waals surface area contributed by atoms with Gasteiger partial charge in [-0.3, -0.25) is 4.79 Å². The van der Waals surface area contributed by atoms with Gasteiger partial charge in [0.05, 0.1) is 11.7 Å². The van der Waals surface area contributed by atoms with Crippen LogP contribution in [-0.2, 0) is 0 Å². The molecule has 3 rings (SSSR count). The maximum atomic E-state index is 12.7. The standard InChI is InChI=1S/C22H37N5O2/c1-14-11-19(22(29)25-16(3)23)21(24-15(14)2)27-10-9-20(17(12-27)13-28)26-18-7-5-4-6-8-18/h11,16-18,20,26,28H,4-10,12-13,23H2,1-3H3,(H,25,29). The molecule has 1 amide bonds. The van der Waals surface area contributed by atoms with Gasteiger partial charge in [-0.25, -0.2) is 4.98 Å². The van der Waals surface area contributed by atoms with Crippen molar-refractivity contribution in [2.24, 2.45) is 11.7 Å². The van der Waals surface area contributed by atoms with Gasteiger partial charge in [0.15, 0.2) is 0 Å². The number of anilines is 1. The summed E-state index contributed by atoms with van der Waals surface area (Å²) in [7, 11) is 0. The van der Waals surface area contributed by atoms with Crippen LogP contribution in [0.25, 0.3) is 0 Å². The first-order valence-corrected chi connectivity index (χ1v) is 11.1. The van der Waals surface area contributed by atoms with Crippen LogP contribution in [0, 0.1) is 19.8 Å². The third-order valence-corrected chi connectivity index (χ3v) is 6.37. The average Bonchev–Trinajstić information content (AvgIpc) is 2.70. The smallest absolute Gasteiger partial charge is 0.256 e. The minimum Gasteiger partial charge on any atom is -0.396 e. The number of aryl methyl sites for hydroxylation is 2. The van der Waals surface area contributed by atoms with E-state index in [1.165, 1.54) is 32.1 Å². The number of piperidine rings is 1. The molecule has 2 heterocycles. The maximum absolute atomic E-state index is 12.7. The second-order valence-electron chi connectivity index (χ2n) is 8.81. The highest BCUT2D eigenvalue weighted by atomic mass is 16.3. The Bertz CT molecular complexity index is 703. The number of aliphatic hydroxyl groups is 1. The highest BCUT2D eigenvalue weighted by Crippen LogP contribution is 2.28. The van der Waals surface area contributed by atoms with Crippen LogP contribution in [0.15, 0.2) is 6.07 Å². The van der Waals surface area contributed by atoms with Gasteiger partial charge in [0.25, 0.3) is 5.91 Å². The SMILES string of the molecule is Cc1cc(C(=O)NC(C)N)c(N2CCC(NC3CCCCC3)C(CO)C2)nc1C. The molecule has 1 saturated heterocycles. The topological polar surface area (TPSA) is 104 Å². The van der Waals surface area contributed by atoms with Crippen molar-refractivity contribution in [1.82, 2.24) is 15.6 Å². The Morgan fingerprint density at radius 1 is 1.31 bits per heavy atom. The summed E-state index contributed by atoms with van der Waals surface area (Å²) in [4.78, 5) is 19.7. The van der Waals surface area contributed by atoms with Gasteiger partial charge in [-0.1, -0.05) is 19.3 Å². The Balaban J connectivity index is 1.77. The van der Waals surface area contributed by atoms with Crippen molar-refractivity contribution in [3.05, 3.63) is 22.9 Å². The van der Waals surface area contributed by atoms with Crippen LogP contribution >= 0.6 is 0 Å². The Morgan fingerprint density at radius 2 is 2.03 bits per heavy atom. The highest BCUT2D eigenvalue weighted by Gasteiger charge is 2.33. The number of carbonyl (C=O) groups is 1. The van der Waals surface area contributed by atoms with Crippen molar-refractivity contribution < 1.29 is 9.90 Å². The molecule has 1 aromatic rings. The molecule has 3 atom stereocenters. The molecule has 0 radical (unpaired) electrons. The van der Waals surface area contributed by atoms with Crippen molar-refractivity contribution in [3.8, 4) is 0 Å². The number of rotatable bonds is 6. The van der Waals surface area contributed by atoms with E-state index < -0.39 is 6.17 Å². The normalized spacial score (nSPS) is 24.4. The molecule has 7 nitrogen and oxygen atoms in total. The predicted molar refractivity (Wildman–Crippen MR) is 116 cm³/mol. The molecule has 1 saturated carbocycles. The van der Waals surface area contributed by atoms with E-state index in [0.29, 0.717) is 30.0 Å². The zero-order chi connectivity index (χ0) is 21.0. The number of aliphatic hydroxyl groups excluding tert-OH is 1. The van der Waals surface area contributed by atoms with E-state index >= 15 is 0 Å². The lowest BCUT2D eigenvalue weighted by molar-refractivity contribution is 0.0941. The molecule has 0 spiro atoms. The molecular weight excluding hydrogens is 366 g/mol. The quantitative estimate of drug-likeness (QED) is 0.541. The summed E-state index contributed by atoms with van der Waals surface area (Å²) < 4.78 is 0. The van der Waals surface area contributed by atoms with E-state index in [2.05, 4.69) is 15.5 Å². The summed E-state index contributed by atoms with van der Waals surface area (Å²) in [5.41, 5.74) is 8.23. The number of aromatic nitrogens is 1. The molecule has 3 unspecified atom stereocenters. The summed E-state index contributed by atoms with van der Waals surface area (Å²) in [5.74, 6) is 0.618. The Morgan fingerprint density at radius 3 is 2.69 bits per heavy atom. The van der Waals surface area contributed by atoms with Crippen LogP contribution in [-0.4, -0.2) is 53.9 Å². The molecule has 1 aromatic heterocycles. The van der Waals surface area contributed by atoms with Crippen LogP contribution in [0.2, 0.25) is 0 Å². The lowest BCUT2D eigenvalue weighted by atomic mass is 9.89. The molecule has 7 heteroatoms. The molecule has 2 fully saturated rings. The summed E-state index contributed by atoms with van der Waals surface area (Å²) in [6.45, 7) is 7.31. The lowest BCUT2D eigenvalue weighted by Crippen LogP contribution is -2.54. The lowest BCUT2D eigenvalue weighted by Gasteiger charge is -2.41. The molecule has 1 aliphatic heterocycles. The first kappa shape index (κ1) is 22.0. The van der Waals surface area contributed by atoms with Crippen molar-refractivity contribution in [1.29, 1.82) is 0 Å². The van der Waals surface area contributed by atoms with Crippen molar-refractivity contribution in [3.63, 3.8) is 0 Å². The largest absolute Gasteiger partial charge is 0.396 e. The third kappa shape index (κ3) is 5.47. The van der Waals surface area contributed by atoms with Crippen LogP contribution in [0.1, 0.15) is 67.1 Å². The summed E-state index contributed by atoms with van der Waals surface area (Å²) >= 11 is 0. The minimum atomic E-state index is -0.424. The number of nitrogens with zero attached hydrogens (tertiary/aromatic N) is 2. The van der Waals surface area contributed by atoms with Gasteiger partial charge in [0, 0.05) is 43.4 Å². The van der Waals surface area contributed by atoms with Crippen LogP contribution in [0.4, 0.5) is 5.82 Å². The number of amides is 1. The van der Waals surface area contributed by atoms with Crippen LogP contribution in [0.3, 0.4) is 0 Å². The van der Waals surface area contributed by atoms with Gasteiger partial charge in [-0.2, -0.15) is 0 Å². The zero-order valence-electron chi connectivity index (χ0n) is 18.1. The molecule has 2 aliphatic rings. The summed E-state index contributed by atoms with van der Waals surface area (Å²) in [6.07, 6.45) is 6.91. The molecule has 5 N–H and O–H groups in total. The Labute approximate surface area is 174 Å². The van der Waals surface area contributed by atoms with Crippen molar-refractivity contribution >= 4 is 11.7 Å². The summed E-state index contributed by atoms with van der Waals surface area (Å²) in [5, 5.41) is 16.7. The number of carbonyl (C=O) groups excluding carboxylic acids is 1. The molecule has 29 heavy (non-hydrogen) atoms.